The van der Waals surface area contributed by atoms with Gasteiger partial charge in [-0.25, -0.2) is 12.8 Å². The van der Waals surface area contributed by atoms with Crippen LogP contribution in [-0.2, 0) is 10.0 Å². The van der Waals surface area contributed by atoms with Gasteiger partial charge in [0.1, 0.15) is 21.5 Å². The van der Waals surface area contributed by atoms with Crippen molar-refractivity contribution < 1.29 is 22.0 Å². The number of nitrogens with zero attached hydrogens (tertiary/aromatic N) is 3. The normalized spacial score (nSPS) is 16.4. The minimum atomic E-state index is -3.84. The molecular formula is C18H18FN3O4S2. The highest BCUT2D eigenvalue weighted by molar-refractivity contribution is 7.89. The third-order valence-corrected chi connectivity index (χ3v) is 7.74. The molecule has 1 fully saturated rings. The van der Waals surface area contributed by atoms with Gasteiger partial charge in [-0.05, 0) is 43.2 Å². The molecule has 1 aliphatic rings. The second-order valence-corrected chi connectivity index (χ2v) is 9.31. The van der Waals surface area contributed by atoms with Crippen LogP contribution in [0.15, 0.2) is 45.9 Å². The summed E-state index contributed by atoms with van der Waals surface area (Å²) in [5, 5.41) is 9.99. The second-order valence-electron chi connectivity index (χ2n) is 6.40. The first-order valence-electron chi connectivity index (χ1n) is 8.70. The van der Waals surface area contributed by atoms with Gasteiger partial charge in [-0.15, -0.1) is 10.2 Å². The molecule has 0 amide bonds. The Morgan fingerprint density at radius 1 is 1.25 bits per heavy atom. The van der Waals surface area contributed by atoms with Crippen LogP contribution in [0.25, 0.3) is 10.8 Å². The zero-order chi connectivity index (χ0) is 19.7. The van der Waals surface area contributed by atoms with Gasteiger partial charge in [0.2, 0.25) is 10.0 Å². The number of hydrogen-bond acceptors (Lipinski definition) is 7. The SMILES string of the molecule is COc1ccc(F)cc1S(=O)(=O)N1CCC(c2nnc(-c3ccco3)s2)CC1. The molecule has 0 radical (unpaired) electrons. The van der Waals surface area contributed by atoms with E-state index in [-0.39, 0.29) is 16.6 Å². The first-order chi connectivity index (χ1) is 13.5. The van der Waals surface area contributed by atoms with Crippen molar-refractivity contribution in [3.8, 4) is 16.5 Å². The summed E-state index contributed by atoms with van der Waals surface area (Å²) in [6, 6.07) is 7.12. The van der Waals surface area contributed by atoms with Gasteiger partial charge in [-0.3, -0.25) is 0 Å². The van der Waals surface area contributed by atoms with Gasteiger partial charge in [0.05, 0.1) is 13.4 Å². The molecule has 148 valence electrons. The van der Waals surface area contributed by atoms with Crippen molar-refractivity contribution in [3.63, 3.8) is 0 Å². The van der Waals surface area contributed by atoms with E-state index < -0.39 is 15.8 Å². The van der Waals surface area contributed by atoms with Crippen molar-refractivity contribution in [1.82, 2.24) is 14.5 Å². The zero-order valence-corrected chi connectivity index (χ0v) is 16.7. The van der Waals surface area contributed by atoms with Crippen LogP contribution in [0, 0.1) is 5.82 Å². The van der Waals surface area contributed by atoms with E-state index in [1.54, 1.807) is 12.3 Å². The summed E-state index contributed by atoms with van der Waals surface area (Å²) in [5.74, 6) is 0.313. The molecule has 2 aromatic heterocycles. The van der Waals surface area contributed by atoms with Gasteiger partial charge < -0.3 is 9.15 Å². The lowest BCUT2D eigenvalue weighted by atomic mass is 9.99. The summed E-state index contributed by atoms with van der Waals surface area (Å²) in [6.45, 7) is 0.644. The van der Waals surface area contributed by atoms with Crippen LogP contribution < -0.4 is 4.74 Å². The minimum absolute atomic E-state index is 0.127. The van der Waals surface area contributed by atoms with E-state index in [9.17, 15) is 12.8 Å². The number of sulfonamides is 1. The molecule has 0 spiro atoms. The topological polar surface area (TPSA) is 85.5 Å². The highest BCUT2D eigenvalue weighted by Crippen LogP contribution is 2.36. The summed E-state index contributed by atoms with van der Waals surface area (Å²) in [6.07, 6.45) is 2.81. The number of hydrogen-bond donors (Lipinski definition) is 0. The van der Waals surface area contributed by atoms with E-state index in [4.69, 9.17) is 9.15 Å². The molecule has 0 bridgehead atoms. The lowest BCUT2D eigenvalue weighted by molar-refractivity contribution is 0.316. The van der Waals surface area contributed by atoms with E-state index >= 15 is 0 Å². The van der Waals surface area contributed by atoms with Gasteiger partial charge in [-0.2, -0.15) is 4.31 Å². The number of benzene rings is 1. The van der Waals surface area contributed by atoms with Crippen LogP contribution in [0.3, 0.4) is 0 Å². The lowest BCUT2D eigenvalue weighted by Gasteiger charge is -2.30. The van der Waals surface area contributed by atoms with E-state index in [2.05, 4.69) is 10.2 Å². The summed E-state index contributed by atoms with van der Waals surface area (Å²) >= 11 is 1.46. The van der Waals surface area contributed by atoms with Crippen molar-refractivity contribution in [1.29, 1.82) is 0 Å². The molecule has 0 unspecified atom stereocenters. The third kappa shape index (κ3) is 3.54. The molecule has 1 aromatic carbocycles. The lowest BCUT2D eigenvalue weighted by Crippen LogP contribution is -2.38. The van der Waals surface area contributed by atoms with Crippen LogP contribution in [0.5, 0.6) is 5.75 Å². The van der Waals surface area contributed by atoms with Gasteiger partial charge in [0.25, 0.3) is 0 Å². The number of rotatable bonds is 5. The van der Waals surface area contributed by atoms with Crippen LogP contribution in [0.1, 0.15) is 23.8 Å². The van der Waals surface area contributed by atoms with Crippen LogP contribution >= 0.6 is 11.3 Å². The zero-order valence-electron chi connectivity index (χ0n) is 15.0. The molecule has 3 heterocycles. The van der Waals surface area contributed by atoms with Crippen molar-refractivity contribution in [2.75, 3.05) is 20.2 Å². The number of furan rings is 1. The average Bonchev–Trinajstić information content (AvgIpc) is 3.40. The molecule has 1 saturated heterocycles. The Morgan fingerprint density at radius 2 is 2.04 bits per heavy atom. The van der Waals surface area contributed by atoms with Crippen molar-refractivity contribution >= 4 is 21.4 Å². The van der Waals surface area contributed by atoms with E-state index in [0.717, 1.165) is 11.1 Å². The maximum absolute atomic E-state index is 13.6. The quantitative estimate of drug-likeness (QED) is 0.624. The molecule has 4 rings (SSSR count). The van der Waals surface area contributed by atoms with Gasteiger partial charge in [-0.1, -0.05) is 11.3 Å². The van der Waals surface area contributed by atoms with Crippen LogP contribution in [0.4, 0.5) is 4.39 Å². The Balaban J connectivity index is 1.49. The number of methoxy groups -OCH3 is 1. The minimum Gasteiger partial charge on any atom is -0.495 e. The largest absolute Gasteiger partial charge is 0.495 e. The molecule has 0 atom stereocenters. The van der Waals surface area contributed by atoms with Crippen LogP contribution in [0.2, 0.25) is 0 Å². The maximum Gasteiger partial charge on any atom is 0.246 e. The Hall–Kier alpha value is -2.30. The summed E-state index contributed by atoms with van der Waals surface area (Å²) in [7, 11) is -2.48. The Labute approximate surface area is 165 Å². The number of aromatic nitrogens is 2. The Bertz CT molecular complexity index is 1060. The van der Waals surface area contributed by atoms with Gasteiger partial charge >= 0.3 is 0 Å². The summed E-state index contributed by atoms with van der Waals surface area (Å²) < 4.78 is 51.4. The molecule has 28 heavy (non-hydrogen) atoms. The molecule has 3 aromatic rings. The van der Waals surface area contributed by atoms with Crippen molar-refractivity contribution in [2.45, 2.75) is 23.7 Å². The molecular weight excluding hydrogens is 405 g/mol. The third-order valence-electron chi connectivity index (χ3n) is 4.72. The first kappa shape index (κ1) is 19.0. The molecule has 7 nitrogen and oxygen atoms in total. The van der Waals surface area contributed by atoms with Gasteiger partial charge in [0.15, 0.2) is 10.8 Å². The highest BCUT2D eigenvalue weighted by Gasteiger charge is 2.33. The fraction of sp³-hybridized carbons (Fsp3) is 0.333. The molecule has 0 aliphatic carbocycles. The molecule has 0 saturated carbocycles. The summed E-state index contributed by atoms with van der Waals surface area (Å²) in [4.78, 5) is -0.149. The fourth-order valence-electron chi connectivity index (χ4n) is 3.23. The second kappa shape index (κ2) is 7.61. The van der Waals surface area contributed by atoms with Crippen LogP contribution in [-0.4, -0.2) is 43.1 Å². The van der Waals surface area contributed by atoms with E-state index in [0.29, 0.717) is 36.7 Å². The highest BCUT2D eigenvalue weighted by atomic mass is 32.2. The molecule has 10 heteroatoms. The predicted octanol–water partition coefficient (Wildman–Crippen LogP) is 3.51. The van der Waals surface area contributed by atoms with Crippen molar-refractivity contribution in [3.05, 3.63) is 47.4 Å². The predicted molar refractivity (Wildman–Crippen MR) is 101 cm³/mol. The van der Waals surface area contributed by atoms with E-state index in [1.807, 2.05) is 6.07 Å². The maximum atomic E-state index is 13.6. The smallest absolute Gasteiger partial charge is 0.246 e. The monoisotopic (exact) mass is 423 g/mol. The Morgan fingerprint density at radius 3 is 2.71 bits per heavy atom. The van der Waals surface area contributed by atoms with E-state index in [1.165, 1.54) is 34.9 Å². The number of halogens is 1. The molecule has 1 aliphatic heterocycles. The molecule has 0 N–H and O–H groups in total. The van der Waals surface area contributed by atoms with Gasteiger partial charge in [0, 0.05) is 19.0 Å². The summed E-state index contributed by atoms with van der Waals surface area (Å²) in [5.41, 5.74) is 0. The first-order valence-corrected chi connectivity index (χ1v) is 11.0. The standard InChI is InChI=1S/C18H18FN3O4S2/c1-25-14-5-4-13(19)11-16(14)28(23,24)22-8-6-12(7-9-22)17-20-21-18(27-17)15-3-2-10-26-15/h2-5,10-12H,6-9H2,1H3. The fourth-order valence-corrected chi connectivity index (χ4v) is 5.85. The number of ether oxygens (including phenoxy) is 1. The average molecular weight is 423 g/mol. The van der Waals surface area contributed by atoms with Crippen molar-refractivity contribution in [2.24, 2.45) is 0 Å². The number of piperidine rings is 1. The Kier molecular flexibility index (Phi) is 5.17.